The first-order valence-corrected chi connectivity index (χ1v) is 10.3. The van der Waals surface area contributed by atoms with Crippen molar-refractivity contribution in [3.63, 3.8) is 0 Å². The van der Waals surface area contributed by atoms with E-state index in [1.165, 1.54) is 17.2 Å². The molecule has 1 saturated heterocycles. The first-order valence-electron chi connectivity index (χ1n) is 7.62. The normalized spacial score (nSPS) is 19.2. The van der Waals surface area contributed by atoms with Crippen LogP contribution < -0.4 is 0 Å². The number of halogens is 1. The van der Waals surface area contributed by atoms with Gasteiger partial charge in [-0.25, -0.2) is 22.6 Å². The largest absolute Gasteiger partial charge is 0.467 e. The Bertz CT molecular complexity index is 957. The number of sulfone groups is 1. The first-order chi connectivity index (χ1) is 12.3. The summed E-state index contributed by atoms with van der Waals surface area (Å²) < 4.78 is 42.1. The third kappa shape index (κ3) is 3.61. The fourth-order valence-electron chi connectivity index (χ4n) is 2.66. The number of esters is 1. The van der Waals surface area contributed by atoms with Gasteiger partial charge in [0.25, 0.3) is 5.91 Å². The highest BCUT2D eigenvalue weighted by molar-refractivity contribution is 7.91. The summed E-state index contributed by atoms with van der Waals surface area (Å²) in [4.78, 5) is 30.1. The van der Waals surface area contributed by atoms with Gasteiger partial charge in [0.05, 0.1) is 24.8 Å². The summed E-state index contributed by atoms with van der Waals surface area (Å²) in [7, 11) is -2.30. The van der Waals surface area contributed by atoms with Crippen LogP contribution in [0.25, 0.3) is 10.6 Å². The molecule has 1 fully saturated rings. The number of amides is 1. The smallest absolute Gasteiger partial charge is 0.329 e. The van der Waals surface area contributed by atoms with Crippen LogP contribution in [0.5, 0.6) is 0 Å². The van der Waals surface area contributed by atoms with Gasteiger partial charge in [-0.1, -0.05) is 12.1 Å². The Hall–Kier alpha value is -2.33. The molecule has 0 spiro atoms. The highest BCUT2D eigenvalue weighted by Crippen LogP contribution is 2.29. The Balaban J connectivity index is 1.89. The van der Waals surface area contributed by atoms with Gasteiger partial charge < -0.3 is 9.64 Å². The fraction of sp³-hybridized carbons (Fsp3) is 0.312. The third-order valence-electron chi connectivity index (χ3n) is 3.99. The molecule has 0 saturated carbocycles. The minimum absolute atomic E-state index is 0.117. The standard InChI is InChI=1S/C16H15FN2O5S2/c1-24-16(21)12-9-26(22,23)7-6-19(12)15(20)13-8-18-14(25-13)10-4-2-3-5-11(10)17/h2-5,8,12H,6-7,9H2,1H3/t12-/m1/s1. The van der Waals surface area contributed by atoms with E-state index in [9.17, 15) is 22.4 Å². The lowest BCUT2D eigenvalue weighted by atomic mass is 10.2. The summed E-state index contributed by atoms with van der Waals surface area (Å²) >= 11 is 0.979. The van der Waals surface area contributed by atoms with Gasteiger partial charge in [0.1, 0.15) is 21.7 Å². The number of nitrogens with zero attached hydrogens (tertiary/aromatic N) is 2. The van der Waals surface area contributed by atoms with E-state index in [-0.39, 0.29) is 22.7 Å². The van der Waals surface area contributed by atoms with Crippen molar-refractivity contribution in [2.75, 3.05) is 25.2 Å². The Morgan fingerprint density at radius 1 is 1.35 bits per heavy atom. The lowest BCUT2D eigenvalue weighted by Crippen LogP contribution is -2.55. The Labute approximate surface area is 153 Å². The second kappa shape index (κ2) is 7.12. The average Bonchev–Trinajstić information content (AvgIpc) is 3.10. The topological polar surface area (TPSA) is 93.6 Å². The van der Waals surface area contributed by atoms with Crippen LogP contribution in [0.15, 0.2) is 30.5 Å². The maximum atomic E-state index is 13.9. The molecule has 3 rings (SSSR count). The number of hydrogen-bond donors (Lipinski definition) is 0. The Morgan fingerprint density at radius 3 is 2.77 bits per heavy atom. The molecule has 2 heterocycles. The number of carbonyl (C=O) groups excluding carboxylic acids is 2. The molecule has 10 heteroatoms. The predicted octanol–water partition coefficient (Wildman–Crippen LogP) is 1.36. The molecule has 1 amide bonds. The van der Waals surface area contributed by atoms with Crippen LogP contribution in [-0.4, -0.2) is 61.4 Å². The molecule has 1 aliphatic heterocycles. The van der Waals surface area contributed by atoms with Gasteiger partial charge >= 0.3 is 5.97 Å². The summed E-state index contributed by atoms with van der Waals surface area (Å²) in [6.07, 6.45) is 1.30. The van der Waals surface area contributed by atoms with Crippen molar-refractivity contribution in [2.24, 2.45) is 0 Å². The quantitative estimate of drug-likeness (QED) is 0.725. The molecule has 7 nitrogen and oxygen atoms in total. The van der Waals surface area contributed by atoms with E-state index in [0.717, 1.165) is 18.4 Å². The summed E-state index contributed by atoms with van der Waals surface area (Å²) in [6.45, 7) is -0.117. The maximum absolute atomic E-state index is 13.9. The number of thiazole rings is 1. The Kier molecular flexibility index (Phi) is 5.05. The van der Waals surface area contributed by atoms with Gasteiger partial charge in [-0.05, 0) is 12.1 Å². The second-order valence-electron chi connectivity index (χ2n) is 5.66. The molecule has 1 atom stereocenters. The molecule has 0 unspecified atom stereocenters. The van der Waals surface area contributed by atoms with Gasteiger partial charge in [0.15, 0.2) is 9.84 Å². The zero-order chi connectivity index (χ0) is 18.9. The van der Waals surface area contributed by atoms with Crippen LogP contribution in [0.3, 0.4) is 0 Å². The van der Waals surface area contributed by atoms with Gasteiger partial charge in [-0.3, -0.25) is 4.79 Å². The number of rotatable bonds is 3. The zero-order valence-electron chi connectivity index (χ0n) is 13.7. The molecular weight excluding hydrogens is 383 g/mol. The first kappa shape index (κ1) is 18.5. The third-order valence-corrected chi connectivity index (χ3v) is 6.63. The summed E-state index contributed by atoms with van der Waals surface area (Å²) in [5.41, 5.74) is 0.266. The number of ether oxygens (including phenoxy) is 1. The number of methoxy groups -OCH3 is 1. The average molecular weight is 398 g/mol. The van der Waals surface area contributed by atoms with E-state index in [0.29, 0.717) is 5.01 Å². The van der Waals surface area contributed by atoms with Crippen molar-refractivity contribution in [3.8, 4) is 10.6 Å². The summed E-state index contributed by atoms with van der Waals surface area (Å²) in [5.74, 6) is -2.50. The minimum atomic E-state index is -3.44. The number of benzene rings is 1. The molecule has 1 aliphatic rings. The van der Waals surface area contributed by atoms with Gasteiger partial charge in [0, 0.05) is 12.1 Å². The molecule has 138 valence electrons. The van der Waals surface area contributed by atoms with E-state index >= 15 is 0 Å². The lowest BCUT2D eigenvalue weighted by Gasteiger charge is -2.33. The van der Waals surface area contributed by atoms with Gasteiger partial charge in [0.2, 0.25) is 0 Å². The van der Waals surface area contributed by atoms with Crippen LogP contribution in [-0.2, 0) is 19.4 Å². The van der Waals surface area contributed by atoms with Crippen LogP contribution in [0.2, 0.25) is 0 Å². The Morgan fingerprint density at radius 2 is 2.08 bits per heavy atom. The van der Waals surface area contributed by atoms with Crippen molar-refractivity contribution >= 4 is 33.1 Å². The predicted molar refractivity (Wildman–Crippen MR) is 93.0 cm³/mol. The zero-order valence-corrected chi connectivity index (χ0v) is 15.3. The molecule has 2 aromatic rings. The van der Waals surface area contributed by atoms with Crippen molar-refractivity contribution < 1.29 is 27.1 Å². The van der Waals surface area contributed by atoms with Crippen molar-refractivity contribution in [3.05, 3.63) is 41.2 Å². The van der Waals surface area contributed by atoms with Crippen molar-refractivity contribution in [1.82, 2.24) is 9.88 Å². The van der Waals surface area contributed by atoms with Crippen molar-refractivity contribution in [1.29, 1.82) is 0 Å². The minimum Gasteiger partial charge on any atom is -0.467 e. The van der Waals surface area contributed by atoms with Gasteiger partial charge in [-0.15, -0.1) is 11.3 Å². The van der Waals surface area contributed by atoms with Crippen LogP contribution in [0.4, 0.5) is 4.39 Å². The summed E-state index contributed by atoms with van der Waals surface area (Å²) in [6, 6.07) is 4.84. The SMILES string of the molecule is COC(=O)[C@H]1CS(=O)(=O)CCN1C(=O)c1cnc(-c2ccccc2F)s1. The lowest BCUT2D eigenvalue weighted by molar-refractivity contribution is -0.145. The molecule has 0 aliphatic carbocycles. The van der Waals surface area contributed by atoms with Crippen LogP contribution in [0.1, 0.15) is 9.67 Å². The molecule has 26 heavy (non-hydrogen) atoms. The number of hydrogen-bond acceptors (Lipinski definition) is 7. The fourth-order valence-corrected chi connectivity index (χ4v) is 4.99. The van der Waals surface area contributed by atoms with E-state index in [1.807, 2.05) is 0 Å². The number of carbonyl (C=O) groups is 2. The van der Waals surface area contributed by atoms with E-state index in [2.05, 4.69) is 9.72 Å². The molecule has 1 aromatic heterocycles. The number of aromatic nitrogens is 1. The molecule has 0 N–H and O–H groups in total. The molecule has 0 bridgehead atoms. The second-order valence-corrected chi connectivity index (χ2v) is 8.92. The molecule has 0 radical (unpaired) electrons. The van der Waals surface area contributed by atoms with E-state index < -0.39 is 39.3 Å². The maximum Gasteiger partial charge on any atom is 0.329 e. The van der Waals surface area contributed by atoms with Gasteiger partial charge in [-0.2, -0.15) is 0 Å². The summed E-state index contributed by atoms with van der Waals surface area (Å²) in [5, 5.41) is 0.325. The van der Waals surface area contributed by atoms with E-state index in [1.54, 1.807) is 18.2 Å². The highest BCUT2D eigenvalue weighted by Gasteiger charge is 2.40. The van der Waals surface area contributed by atoms with Crippen LogP contribution in [0, 0.1) is 5.82 Å². The van der Waals surface area contributed by atoms with Crippen LogP contribution >= 0.6 is 11.3 Å². The monoisotopic (exact) mass is 398 g/mol. The highest BCUT2D eigenvalue weighted by atomic mass is 32.2. The van der Waals surface area contributed by atoms with Crippen molar-refractivity contribution in [2.45, 2.75) is 6.04 Å². The van der Waals surface area contributed by atoms with E-state index in [4.69, 9.17) is 0 Å². The molecular formula is C16H15FN2O5S2. The molecule has 1 aromatic carbocycles.